The maximum absolute atomic E-state index is 13.6. The lowest BCUT2D eigenvalue weighted by atomic mass is 10.0. The van der Waals surface area contributed by atoms with E-state index in [4.69, 9.17) is 10.5 Å². The number of carbonyl (C=O) groups is 1. The molecule has 18 heavy (non-hydrogen) atoms. The molecular formula is C14H18FNO2. The average molecular weight is 251 g/mol. The Labute approximate surface area is 106 Å². The average Bonchev–Trinajstić information content (AvgIpc) is 2.60. The van der Waals surface area contributed by atoms with Crippen molar-refractivity contribution in [2.45, 2.75) is 45.3 Å². The number of ether oxygens (including phenoxy) is 1. The van der Waals surface area contributed by atoms with Gasteiger partial charge in [0.2, 0.25) is 0 Å². The summed E-state index contributed by atoms with van der Waals surface area (Å²) in [6, 6.07) is 2.50. The van der Waals surface area contributed by atoms with Crippen molar-refractivity contribution in [3.63, 3.8) is 0 Å². The quantitative estimate of drug-likeness (QED) is 0.781. The molecule has 0 aromatic heterocycles. The normalized spacial score (nSPS) is 18.6. The van der Waals surface area contributed by atoms with Crippen LogP contribution >= 0.6 is 0 Å². The lowest BCUT2D eigenvalue weighted by Gasteiger charge is -2.21. The fraction of sp³-hybridized carbons (Fsp3) is 0.500. The molecule has 0 spiro atoms. The summed E-state index contributed by atoms with van der Waals surface area (Å²) in [5.41, 5.74) is 6.95. The minimum absolute atomic E-state index is 0.279. The molecule has 1 aliphatic carbocycles. The summed E-state index contributed by atoms with van der Waals surface area (Å²) < 4.78 is 19.0. The van der Waals surface area contributed by atoms with Gasteiger partial charge in [-0.3, -0.25) is 0 Å². The third-order valence-corrected chi connectivity index (χ3v) is 2.99. The second-order valence-corrected chi connectivity index (χ2v) is 5.63. The van der Waals surface area contributed by atoms with Crippen molar-refractivity contribution in [2.24, 2.45) is 5.73 Å². The van der Waals surface area contributed by atoms with Crippen LogP contribution in [0.5, 0.6) is 0 Å². The number of esters is 1. The van der Waals surface area contributed by atoms with Crippen molar-refractivity contribution >= 4 is 5.97 Å². The molecule has 0 bridgehead atoms. The number of fused-ring (bicyclic) bond motifs is 1. The number of nitrogens with two attached hydrogens (primary N) is 1. The van der Waals surface area contributed by atoms with E-state index in [2.05, 4.69) is 0 Å². The van der Waals surface area contributed by atoms with Gasteiger partial charge in [-0.1, -0.05) is 0 Å². The van der Waals surface area contributed by atoms with Gasteiger partial charge in [0.05, 0.1) is 5.56 Å². The molecule has 0 fully saturated rings. The fourth-order valence-corrected chi connectivity index (χ4v) is 2.27. The van der Waals surface area contributed by atoms with Crippen molar-refractivity contribution in [3.8, 4) is 0 Å². The molecule has 0 amide bonds. The molecule has 1 aromatic rings. The molecule has 1 aromatic carbocycles. The van der Waals surface area contributed by atoms with E-state index in [1.165, 1.54) is 12.1 Å². The Hall–Kier alpha value is -1.42. The number of carbonyl (C=O) groups excluding carboxylic acids is 1. The van der Waals surface area contributed by atoms with Gasteiger partial charge < -0.3 is 10.5 Å². The molecule has 1 aliphatic rings. The number of rotatable bonds is 1. The van der Waals surface area contributed by atoms with Gasteiger partial charge in [0.25, 0.3) is 0 Å². The summed E-state index contributed by atoms with van der Waals surface area (Å²) in [7, 11) is 0. The van der Waals surface area contributed by atoms with Crippen molar-refractivity contribution in [1.82, 2.24) is 0 Å². The smallest absolute Gasteiger partial charge is 0.338 e. The Morgan fingerprint density at radius 1 is 1.44 bits per heavy atom. The zero-order valence-electron chi connectivity index (χ0n) is 10.9. The molecule has 4 heteroatoms. The highest BCUT2D eigenvalue weighted by Gasteiger charge is 2.29. The van der Waals surface area contributed by atoms with Crippen LogP contribution in [0.2, 0.25) is 0 Å². The van der Waals surface area contributed by atoms with Crippen molar-refractivity contribution in [1.29, 1.82) is 0 Å². The summed E-state index contributed by atoms with van der Waals surface area (Å²) in [5.74, 6) is -0.721. The third kappa shape index (κ3) is 2.38. The monoisotopic (exact) mass is 251 g/mol. The first-order chi connectivity index (χ1) is 8.29. The van der Waals surface area contributed by atoms with Gasteiger partial charge in [0.15, 0.2) is 0 Å². The summed E-state index contributed by atoms with van der Waals surface area (Å²) in [4.78, 5) is 12.1. The van der Waals surface area contributed by atoms with Crippen LogP contribution in [-0.4, -0.2) is 11.6 Å². The lowest BCUT2D eigenvalue weighted by Crippen LogP contribution is -2.25. The minimum Gasteiger partial charge on any atom is -0.456 e. The number of benzene rings is 1. The van der Waals surface area contributed by atoms with Crippen molar-refractivity contribution in [2.75, 3.05) is 0 Å². The number of hydrogen-bond acceptors (Lipinski definition) is 3. The van der Waals surface area contributed by atoms with Gasteiger partial charge in [0.1, 0.15) is 11.4 Å². The molecule has 98 valence electrons. The van der Waals surface area contributed by atoms with Gasteiger partial charge in [-0.15, -0.1) is 0 Å². The van der Waals surface area contributed by atoms with Crippen LogP contribution in [0.25, 0.3) is 0 Å². The van der Waals surface area contributed by atoms with Crippen LogP contribution in [0, 0.1) is 5.82 Å². The molecule has 3 nitrogen and oxygen atoms in total. The molecule has 0 radical (unpaired) electrons. The topological polar surface area (TPSA) is 52.3 Å². The van der Waals surface area contributed by atoms with Crippen LogP contribution in [0.3, 0.4) is 0 Å². The van der Waals surface area contributed by atoms with E-state index < -0.39 is 11.6 Å². The molecule has 2 rings (SSSR count). The third-order valence-electron chi connectivity index (χ3n) is 2.99. The molecule has 2 N–H and O–H groups in total. The van der Waals surface area contributed by atoms with Crippen LogP contribution in [0.15, 0.2) is 12.1 Å². The van der Waals surface area contributed by atoms with Crippen molar-refractivity contribution in [3.05, 3.63) is 34.6 Å². The molecular weight excluding hydrogens is 233 g/mol. The molecule has 0 aliphatic heterocycles. The summed E-state index contributed by atoms with van der Waals surface area (Å²) >= 11 is 0. The van der Waals surface area contributed by atoms with Crippen LogP contribution in [0.4, 0.5) is 4.39 Å². The van der Waals surface area contributed by atoms with Gasteiger partial charge in [-0.25, -0.2) is 9.18 Å². The van der Waals surface area contributed by atoms with Gasteiger partial charge in [-0.05, 0) is 56.9 Å². The molecule has 0 unspecified atom stereocenters. The first kappa shape index (κ1) is 13.0. The molecule has 0 saturated heterocycles. The summed E-state index contributed by atoms with van der Waals surface area (Å²) in [6.07, 6.45) is 1.25. The zero-order valence-corrected chi connectivity index (χ0v) is 10.9. The van der Waals surface area contributed by atoms with Gasteiger partial charge in [-0.2, -0.15) is 0 Å². The van der Waals surface area contributed by atoms with Gasteiger partial charge in [0, 0.05) is 6.04 Å². The van der Waals surface area contributed by atoms with Crippen molar-refractivity contribution < 1.29 is 13.9 Å². The lowest BCUT2D eigenvalue weighted by molar-refractivity contribution is 0.00679. The maximum Gasteiger partial charge on any atom is 0.338 e. The highest BCUT2D eigenvalue weighted by Crippen LogP contribution is 2.34. The minimum atomic E-state index is -0.568. The Bertz CT molecular complexity index is 491. The summed E-state index contributed by atoms with van der Waals surface area (Å²) in [5, 5.41) is 0. The second-order valence-electron chi connectivity index (χ2n) is 5.63. The predicted molar refractivity (Wildman–Crippen MR) is 66.8 cm³/mol. The Balaban J connectivity index is 2.41. The highest BCUT2D eigenvalue weighted by molar-refractivity contribution is 5.92. The Morgan fingerprint density at radius 3 is 2.72 bits per heavy atom. The first-order valence-corrected chi connectivity index (χ1v) is 6.10. The van der Waals surface area contributed by atoms with E-state index in [1.807, 2.05) is 0 Å². The van der Waals surface area contributed by atoms with E-state index in [-0.39, 0.29) is 11.9 Å². The SMILES string of the molecule is CC(C)(C)OC(=O)c1ccc(F)c2c1[C@H](N)CC2. The highest BCUT2D eigenvalue weighted by atomic mass is 19.1. The van der Waals surface area contributed by atoms with E-state index in [1.54, 1.807) is 20.8 Å². The Kier molecular flexibility index (Phi) is 3.15. The maximum atomic E-state index is 13.6. The molecule has 0 saturated carbocycles. The number of hydrogen-bond donors (Lipinski definition) is 1. The Morgan fingerprint density at radius 2 is 2.11 bits per heavy atom. The largest absolute Gasteiger partial charge is 0.456 e. The van der Waals surface area contributed by atoms with Crippen LogP contribution in [0.1, 0.15) is 54.7 Å². The van der Waals surface area contributed by atoms with E-state index in [0.717, 1.165) is 0 Å². The van der Waals surface area contributed by atoms with Gasteiger partial charge >= 0.3 is 5.97 Å². The zero-order chi connectivity index (χ0) is 13.5. The van der Waals surface area contributed by atoms with E-state index in [0.29, 0.717) is 29.5 Å². The fourth-order valence-electron chi connectivity index (χ4n) is 2.27. The van der Waals surface area contributed by atoms with E-state index >= 15 is 0 Å². The van der Waals surface area contributed by atoms with E-state index in [9.17, 15) is 9.18 Å². The first-order valence-electron chi connectivity index (χ1n) is 6.10. The summed E-state index contributed by atoms with van der Waals surface area (Å²) in [6.45, 7) is 5.40. The molecule has 0 heterocycles. The number of halogens is 1. The van der Waals surface area contributed by atoms with Crippen LogP contribution in [-0.2, 0) is 11.2 Å². The predicted octanol–water partition coefficient (Wildman–Crippen LogP) is 2.73. The molecule has 1 atom stereocenters. The second kappa shape index (κ2) is 4.35. The standard InChI is InChI=1S/C14H18FNO2/c1-14(2,3)18-13(17)9-4-6-10(15)8-5-7-11(16)12(8)9/h4,6,11H,5,7,16H2,1-3H3/t11-/m1/s1. The van der Waals surface area contributed by atoms with Crippen LogP contribution < -0.4 is 5.73 Å².